The summed E-state index contributed by atoms with van der Waals surface area (Å²) in [6.07, 6.45) is 6.56. The second-order valence-electron chi connectivity index (χ2n) is 10.9. The van der Waals surface area contributed by atoms with E-state index in [2.05, 4.69) is 44.7 Å². The topological polar surface area (TPSA) is 149 Å². The van der Waals surface area contributed by atoms with Crippen LogP contribution in [0.2, 0.25) is 0 Å². The van der Waals surface area contributed by atoms with E-state index in [9.17, 15) is 0 Å². The Morgan fingerprint density at radius 2 is 0.639 bits per heavy atom. The van der Waals surface area contributed by atoms with E-state index in [0.717, 1.165) is 0 Å². The van der Waals surface area contributed by atoms with Gasteiger partial charge in [0.2, 0.25) is 0 Å². The van der Waals surface area contributed by atoms with E-state index in [1.165, 1.54) is 0 Å². The Labute approximate surface area is 246 Å². The maximum absolute atomic E-state index is 8.15. The first-order chi connectivity index (χ1) is 15.2. The minimum absolute atomic E-state index is 0. The van der Waals surface area contributed by atoms with Crippen molar-refractivity contribution in [3.05, 3.63) is 36.9 Å². The van der Waals surface area contributed by atoms with Gasteiger partial charge in [-0.05, 0) is 83.1 Å². The van der Waals surface area contributed by atoms with Crippen molar-refractivity contribution in [3.63, 3.8) is 0 Å². The first-order valence-electron chi connectivity index (χ1n) is 10.7. The predicted octanol–water partition coefficient (Wildman–Crippen LogP) is 6.30. The van der Waals surface area contributed by atoms with Crippen LogP contribution in [0.25, 0.3) is 0 Å². The van der Waals surface area contributed by atoms with Crippen molar-refractivity contribution in [2.24, 2.45) is 21.7 Å². The fourth-order valence-corrected chi connectivity index (χ4v) is 0.385. The minimum Gasteiger partial charge on any atom is -0.582 e. The fraction of sp³-hybridized carbons (Fsp3) is 0.615. The smallest absolute Gasteiger partial charge is 0.0680 e. The monoisotopic (exact) mass is 852 g/mol. The third-order valence-corrected chi connectivity index (χ3v) is 2.09. The van der Waals surface area contributed by atoms with Crippen LogP contribution < -0.4 is 10.2 Å². The molecule has 0 aromatic carbocycles. The van der Waals surface area contributed by atoms with E-state index in [-0.39, 0.29) is 61.9 Å². The molecule has 10 heteroatoms. The number of nitrogens with zero attached hydrogens (tertiary/aromatic N) is 8. The summed E-state index contributed by atoms with van der Waals surface area (Å²) < 4.78 is 0. The third kappa shape index (κ3) is 77.0. The fourth-order valence-electron chi connectivity index (χ4n) is 0.385. The van der Waals surface area contributed by atoms with Gasteiger partial charge in [0.15, 0.2) is 0 Å². The van der Waals surface area contributed by atoms with Crippen molar-refractivity contribution in [1.82, 2.24) is 20.4 Å². The normalized spacial score (nSPS) is 9.11. The molecule has 2 heterocycles. The van der Waals surface area contributed by atoms with Crippen LogP contribution in [0.5, 0.6) is 0 Å². The number of rotatable bonds is 0. The Morgan fingerprint density at radius 3 is 0.667 bits per heavy atom. The molecule has 2 radical (unpaired) electrons. The molecule has 0 aliphatic carbocycles. The van der Waals surface area contributed by atoms with Gasteiger partial charge in [-0.1, -0.05) is 12.1 Å². The number of aromatic nitrogens is 4. The summed E-state index contributed by atoms with van der Waals surface area (Å²) in [6, 6.07) is 12.0. The minimum atomic E-state index is -0.153. The molecule has 8 nitrogen and oxygen atoms in total. The van der Waals surface area contributed by atoms with Crippen LogP contribution >= 0.6 is 0 Å². The molecule has 0 atom stereocenters. The Kier molecular flexibility index (Phi) is 33.6. The molecular formula is C26H42Ir2N8-2. The van der Waals surface area contributed by atoms with Crippen LogP contribution in [0.3, 0.4) is 0 Å². The predicted molar refractivity (Wildman–Crippen MR) is 135 cm³/mol. The summed E-state index contributed by atoms with van der Waals surface area (Å²) in [4.78, 5) is 0. The van der Waals surface area contributed by atoms with E-state index in [0.29, 0.717) is 0 Å². The van der Waals surface area contributed by atoms with Crippen LogP contribution in [0.1, 0.15) is 83.1 Å². The molecule has 0 aliphatic heterocycles. The first kappa shape index (κ1) is 46.9. The van der Waals surface area contributed by atoms with Crippen molar-refractivity contribution >= 4 is 0 Å². The Bertz CT molecular complexity index is 680. The Morgan fingerprint density at radius 1 is 0.472 bits per heavy atom. The molecule has 0 saturated heterocycles. The summed E-state index contributed by atoms with van der Waals surface area (Å²) in [6.45, 7) is 22.6. The van der Waals surface area contributed by atoms with Gasteiger partial charge in [0.25, 0.3) is 0 Å². The average molecular weight is 851 g/mol. The molecule has 2 aromatic heterocycles. The molecule has 0 fully saturated rings. The molecule has 2 aromatic rings. The van der Waals surface area contributed by atoms with Crippen LogP contribution in [0.15, 0.2) is 36.9 Å². The second kappa shape index (κ2) is 25.8. The van der Waals surface area contributed by atoms with Crippen molar-refractivity contribution in [3.8, 4) is 24.3 Å². The zero-order chi connectivity index (χ0) is 27.9. The van der Waals surface area contributed by atoms with Crippen molar-refractivity contribution < 1.29 is 40.2 Å². The molecule has 0 unspecified atom stereocenters. The summed E-state index contributed by atoms with van der Waals surface area (Å²) in [5.74, 6) is 0. The largest absolute Gasteiger partial charge is 0.582 e. The molecule has 0 bridgehead atoms. The van der Waals surface area contributed by atoms with Crippen LogP contribution in [-0.4, -0.2) is 10.2 Å². The van der Waals surface area contributed by atoms with Crippen molar-refractivity contribution in [1.29, 1.82) is 21.0 Å². The van der Waals surface area contributed by atoms with Gasteiger partial charge in [0, 0.05) is 74.3 Å². The van der Waals surface area contributed by atoms with Crippen LogP contribution in [-0.2, 0) is 40.2 Å². The zero-order valence-corrected chi connectivity index (χ0v) is 28.5. The van der Waals surface area contributed by atoms with E-state index in [1.54, 1.807) is 36.9 Å². The molecule has 0 saturated carbocycles. The standard InChI is InChI=1S/4C5H9N.2C3H3N2.2Ir/c4*1-5(2,3)4-6;2*1-2-4-5-3-1;;/h4*1-3H3;2*1-3H;;/q;;;;2*-1;;. The van der Waals surface area contributed by atoms with Gasteiger partial charge >= 0.3 is 0 Å². The molecule has 0 spiro atoms. The second-order valence-corrected chi connectivity index (χ2v) is 10.9. The van der Waals surface area contributed by atoms with Gasteiger partial charge in [0.1, 0.15) is 0 Å². The van der Waals surface area contributed by atoms with Crippen molar-refractivity contribution in [2.45, 2.75) is 83.1 Å². The van der Waals surface area contributed by atoms with Gasteiger partial charge in [-0.3, -0.25) is 0 Å². The molecule has 2 rings (SSSR count). The maximum Gasteiger partial charge on any atom is 0.0680 e. The van der Waals surface area contributed by atoms with Gasteiger partial charge in [-0.2, -0.15) is 33.4 Å². The van der Waals surface area contributed by atoms with Gasteiger partial charge in [-0.25, -0.2) is 0 Å². The van der Waals surface area contributed by atoms with E-state index in [1.807, 2.05) is 83.1 Å². The summed E-state index contributed by atoms with van der Waals surface area (Å²) in [7, 11) is 0. The Balaban J connectivity index is -0.0000000742. The number of hydrogen-bond acceptors (Lipinski definition) is 6. The third-order valence-electron chi connectivity index (χ3n) is 2.09. The number of hydrogen-bond donors (Lipinski definition) is 0. The first-order valence-corrected chi connectivity index (χ1v) is 10.7. The molecule has 0 amide bonds. The molecule has 36 heavy (non-hydrogen) atoms. The van der Waals surface area contributed by atoms with Crippen LogP contribution in [0, 0.1) is 67.0 Å². The van der Waals surface area contributed by atoms with Gasteiger partial charge in [0.05, 0.1) is 24.3 Å². The average Bonchev–Trinajstić information content (AvgIpc) is 3.46. The van der Waals surface area contributed by atoms with Crippen LogP contribution in [0.4, 0.5) is 0 Å². The van der Waals surface area contributed by atoms with Crippen molar-refractivity contribution in [2.75, 3.05) is 0 Å². The molecular weight excluding hydrogens is 809 g/mol. The van der Waals surface area contributed by atoms with Gasteiger partial charge in [-0.15, -0.1) is 0 Å². The van der Waals surface area contributed by atoms with Gasteiger partial charge < -0.3 is 20.4 Å². The summed E-state index contributed by atoms with van der Waals surface area (Å²) >= 11 is 0. The van der Waals surface area contributed by atoms with E-state index in [4.69, 9.17) is 21.0 Å². The SMILES string of the molecule is CC(C)(C)C#N.CC(C)(C)C#N.CC(C)(C)C#N.CC(C)(C)C#N.[Ir].[Ir].c1cn[n-]c1.c1cn[n-]c1. The molecule has 206 valence electrons. The summed E-state index contributed by atoms with van der Waals surface area (Å²) in [5, 5.41) is 46.5. The summed E-state index contributed by atoms with van der Waals surface area (Å²) in [5.41, 5.74) is -0.611. The molecule has 0 aliphatic rings. The van der Waals surface area contributed by atoms with E-state index < -0.39 is 0 Å². The number of nitriles is 4. The maximum atomic E-state index is 8.15. The quantitative estimate of drug-likeness (QED) is 0.300. The molecule has 0 N–H and O–H groups in total. The zero-order valence-electron chi connectivity index (χ0n) is 23.7. The Hall–Kier alpha value is -2.32. The van der Waals surface area contributed by atoms with E-state index >= 15 is 0 Å².